The first-order valence-corrected chi connectivity index (χ1v) is 12.7. The third-order valence-electron chi connectivity index (χ3n) is 6.80. The molecule has 1 N–H and O–H groups in total. The van der Waals surface area contributed by atoms with Gasteiger partial charge in [-0.1, -0.05) is 96.6 Å². The number of carbonyl (C=O) groups excluding carboxylic acids is 2. The van der Waals surface area contributed by atoms with E-state index in [-0.39, 0.29) is 17.9 Å². The van der Waals surface area contributed by atoms with E-state index in [0.717, 1.165) is 16.7 Å². The monoisotopic (exact) mass is 519 g/mol. The zero-order valence-corrected chi connectivity index (χ0v) is 21.8. The Morgan fingerprint density at radius 3 is 2.10 bits per heavy atom. The van der Waals surface area contributed by atoms with Crippen molar-refractivity contribution in [1.29, 1.82) is 0 Å². The van der Waals surface area contributed by atoms with Gasteiger partial charge in [0.05, 0.1) is 18.7 Å². The molecule has 0 bridgehead atoms. The van der Waals surface area contributed by atoms with E-state index in [0.29, 0.717) is 29.2 Å². The van der Waals surface area contributed by atoms with Crippen molar-refractivity contribution in [1.82, 2.24) is 4.90 Å². The molecule has 5 rings (SSSR count). The minimum absolute atomic E-state index is 0.0415. The van der Waals surface area contributed by atoms with Gasteiger partial charge in [0.1, 0.15) is 12.4 Å². The van der Waals surface area contributed by atoms with Gasteiger partial charge in [-0.2, -0.15) is 0 Å². The van der Waals surface area contributed by atoms with Crippen molar-refractivity contribution in [2.75, 3.05) is 7.11 Å². The molecule has 4 aromatic carbocycles. The normalized spacial score (nSPS) is 16.4. The summed E-state index contributed by atoms with van der Waals surface area (Å²) in [6, 6.07) is 31.0. The average Bonchev–Trinajstić information content (AvgIpc) is 3.22. The maximum Gasteiger partial charge on any atom is 0.295 e. The maximum atomic E-state index is 13.4. The van der Waals surface area contributed by atoms with Gasteiger partial charge < -0.3 is 19.5 Å². The van der Waals surface area contributed by atoms with Crippen molar-refractivity contribution in [3.05, 3.63) is 137 Å². The van der Waals surface area contributed by atoms with E-state index >= 15 is 0 Å². The van der Waals surface area contributed by atoms with Crippen LogP contribution < -0.4 is 9.47 Å². The first kappa shape index (κ1) is 25.8. The highest BCUT2D eigenvalue weighted by atomic mass is 16.5. The Morgan fingerprint density at radius 1 is 0.821 bits per heavy atom. The third kappa shape index (κ3) is 5.41. The van der Waals surface area contributed by atoms with E-state index in [1.807, 2.05) is 79.7 Å². The molecule has 4 aromatic rings. The average molecular weight is 520 g/mol. The first-order chi connectivity index (χ1) is 19.0. The summed E-state index contributed by atoms with van der Waals surface area (Å²) in [6.45, 7) is 2.50. The zero-order valence-electron chi connectivity index (χ0n) is 21.8. The smallest absolute Gasteiger partial charge is 0.295 e. The van der Waals surface area contributed by atoms with Gasteiger partial charge in [-0.3, -0.25) is 9.59 Å². The van der Waals surface area contributed by atoms with E-state index in [9.17, 15) is 14.7 Å². The van der Waals surface area contributed by atoms with Crippen molar-refractivity contribution in [2.45, 2.75) is 26.1 Å². The number of ketones is 1. The summed E-state index contributed by atoms with van der Waals surface area (Å²) in [4.78, 5) is 28.2. The Morgan fingerprint density at radius 2 is 1.46 bits per heavy atom. The minimum atomic E-state index is -0.816. The van der Waals surface area contributed by atoms with Gasteiger partial charge in [0.2, 0.25) is 0 Å². The number of rotatable bonds is 8. The molecule has 196 valence electrons. The summed E-state index contributed by atoms with van der Waals surface area (Å²) in [7, 11) is 1.54. The highest BCUT2D eigenvalue weighted by Gasteiger charge is 2.46. The second-order valence-electron chi connectivity index (χ2n) is 9.46. The van der Waals surface area contributed by atoms with Gasteiger partial charge in [-0.05, 0) is 35.7 Å². The summed E-state index contributed by atoms with van der Waals surface area (Å²) in [5.74, 6) is -0.608. The van der Waals surface area contributed by atoms with Crippen LogP contribution in [0.15, 0.2) is 109 Å². The van der Waals surface area contributed by atoms with E-state index < -0.39 is 17.7 Å². The van der Waals surface area contributed by atoms with Gasteiger partial charge in [0.25, 0.3) is 11.7 Å². The van der Waals surface area contributed by atoms with E-state index in [2.05, 4.69) is 0 Å². The molecular formula is C33H29NO5. The molecule has 1 fully saturated rings. The molecule has 0 aliphatic carbocycles. The molecular weight excluding hydrogens is 490 g/mol. The first-order valence-electron chi connectivity index (χ1n) is 12.7. The molecule has 1 aliphatic rings. The summed E-state index contributed by atoms with van der Waals surface area (Å²) >= 11 is 0. The fourth-order valence-electron chi connectivity index (χ4n) is 4.75. The molecule has 1 amide bonds. The Balaban J connectivity index is 1.57. The van der Waals surface area contributed by atoms with Crippen LogP contribution in [0.1, 0.15) is 33.9 Å². The number of hydrogen-bond acceptors (Lipinski definition) is 5. The number of ether oxygens (including phenoxy) is 2. The summed E-state index contributed by atoms with van der Waals surface area (Å²) in [5.41, 5.74) is 4.04. The fourth-order valence-corrected chi connectivity index (χ4v) is 4.75. The van der Waals surface area contributed by atoms with Crippen LogP contribution in [0.2, 0.25) is 0 Å². The van der Waals surface area contributed by atoms with Crippen molar-refractivity contribution in [3.8, 4) is 11.5 Å². The predicted octanol–water partition coefficient (Wildman–Crippen LogP) is 6.20. The number of aryl methyl sites for hydroxylation is 1. The highest BCUT2D eigenvalue weighted by Crippen LogP contribution is 2.42. The zero-order chi connectivity index (χ0) is 27.4. The lowest BCUT2D eigenvalue weighted by Gasteiger charge is -2.26. The molecule has 0 saturated carbocycles. The number of methoxy groups -OCH3 is 1. The van der Waals surface area contributed by atoms with Crippen molar-refractivity contribution < 1.29 is 24.2 Å². The number of carbonyl (C=O) groups is 2. The van der Waals surface area contributed by atoms with Gasteiger partial charge in [0.15, 0.2) is 11.5 Å². The lowest BCUT2D eigenvalue weighted by atomic mass is 9.94. The molecule has 6 heteroatoms. The van der Waals surface area contributed by atoms with E-state index in [1.54, 1.807) is 37.4 Å². The molecule has 0 aromatic heterocycles. The van der Waals surface area contributed by atoms with Crippen molar-refractivity contribution >= 4 is 17.4 Å². The van der Waals surface area contributed by atoms with Crippen LogP contribution in [0.3, 0.4) is 0 Å². The number of aliphatic hydroxyl groups excluding tert-OH is 1. The molecule has 1 saturated heterocycles. The number of likely N-dealkylation sites (tertiary alicyclic amines) is 1. The summed E-state index contributed by atoms with van der Waals surface area (Å²) in [6.07, 6.45) is 0. The van der Waals surface area contributed by atoms with Crippen LogP contribution >= 0.6 is 0 Å². The quantitative estimate of drug-likeness (QED) is 0.170. The van der Waals surface area contributed by atoms with Crippen LogP contribution in [0, 0.1) is 6.92 Å². The highest BCUT2D eigenvalue weighted by molar-refractivity contribution is 6.46. The topological polar surface area (TPSA) is 76.1 Å². The van der Waals surface area contributed by atoms with E-state index in [4.69, 9.17) is 9.47 Å². The molecule has 1 aliphatic heterocycles. The Bertz CT molecular complexity index is 1510. The second kappa shape index (κ2) is 11.3. The lowest BCUT2D eigenvalue weighted by molar-refractivity contribution is -0.140. The number of Topliss-reactive ketones (excluding diaryl/α,β-unsaturated/α-hetero) is 1. The molecule has 0 radical (unpaired) electrons. The van der Waals surface area contributed by atoms with E-state index in [1.165, 1.54) is 4.90 Å². The SMILES string of the molecule is COc1cc(C2/C(=C(\O)c3ccc(C)cc3)C(=O)C(=O)N2Cc2ccccc2)ccc1OCc1ccccc1. The molecule has 1 heterocycles. The van der Waals surface area contributed by atoms with Gasteiger partial charge in [-0.15, -0.1) is 0 Å². The van der Waals surface area contributed by atoms with Crippen LogP contribution in [0.25, 0.3) is 5.76 Å². The molecule has 0 spiro atoms. The number of aliphatic hydroxyl groups is 1. The second-order valence-corrected chi connectivity index (χ2v) is 9.46. The van der Waals surface area contributed by atoms with Gasteiger partial charge >= 0.3 is 0 Å². The fraction of sp³-hybridized carbons (Fsp3) is 0.152. The predicted molar refractivity (Wildman–Crippen MR) is 149 cm³/mol. The minimum Gasteiger partial charge on any atom is -0.507 e. The standard InChI is InChI=1S/C33H29NO5/c1-22-13-15-25(16-14-22)31(35)29-30(34(33(37)32(29)36)20-23-9-5-3-6-10-23)26-17-18-27(28(19-26)38-2)39-21-24-11-7-4-8-12-24/h3-19,30,35H,20-21H2,1-2H3/b31-29+. The number of nitrogens with zero attached hydrogens (tertiary/aromatic N) is 1. The van der Waals surface area contributed by atoms with Crippen LogP contribution in [-0.2, 0) is 22.7 Å². The summed E-state index contributed by atoms with van der Waals surface area (Å²) < 4.78 is 11.7. The Labute approximate surface area is 227 Å². The lowest BCUT2D eigenvalue weighted by Crippen LogP contribution is -2.29. The van der Waals surface area contributed by atoms with Gasteiger partial charge in [0, 0.05) is 12.1 Å². The van der Waals surface area contributed by atoms with Crippen LogP contribution in [0.4, 0.5) is 0 Å². The number of amides is 1. The van der Waals surface area contributed by atoms with Crippen molar-refractivity contribution in [3.63, 3.8) is 0 Å². The number of hydrogen-bond donors (Lipinski definition) is 1. The molecule has 1 unspecified atom stereocenters. The van der Waals surface area contributed by atoms with Gasteiger partial charge in [-0.25, -0.2) is 0 Å². The third-order valence-corrected chi connectivity index (χ3v) is 6.80. The number of benzene rings is 4. The van der Waals surface area contributed by atoms with Crippen molar-refractivity contribution in [2.24, 2.45) is 0 Å². The molecule has 39 heavy (non-hydrogen) atoms. The maximum absolute atomic E-state index is 13.4. The van der Waals surface area contributed by atoms with Crippen LogP contribution in [-0.4, -0.2) is 28.8 Å². The summed E-state index contributed by atoms with van der Waals surface area (Å²) in [5, 5.41) is 11.3. The molecule has 1 atom stereocenters. The largest absolute Gasteiger partial charge is 0.507 e. The Hall–Kier alpha value is -4.84. The molecule has 6 nitrogen and oxygen atoms in total. The Kier molecular flexibility index (Phi) is 7.46. The van der Waals surface area contributed by atoms with Crippen LogP contribution in [0.5, 0.6) is 11.5 Å².